The highest BCUT2D eigenvalue weighted by atomic mass is 16.4. The summed E-state index contributed by atoms with van der Waals surface area (Å²) in [4.78, 5) is 22.9. The molecule has 0 atom stereocenters. The van der Waals surface area contributed by atoms with Crippen LogP contribution in [0, 0.1) is 5.92 Å². The van der Waals surface area contributed by atoms with Crippen molar-refractivity contribution in [2.75, 3.05) is 0 Å². The molecule has 122 valence electrons. The number of aromatic nitrogens is 2. The topological polar surface area (TPSA) is 84.2 Å². The van der Waals surface area contributed by atoms with Gasteiger partial charge in [-0.15, -0.1) is 0 Å². The molecule has 0 saturated carbocycles. The van der Waals surface area contributed by atoms with Crippen LogP contribution >= 0.6 is 0 Å². The zero-order valence-corrected chi connectivity index (χ0v) is 13.3. The van der Waals surface area contributed by atoms with E-state index >= 15 is 0 Å². The van der Waals surface area contributed by atoms with Gasteiger partial charge in [-0.3, -0.25) is 4.79 Å². The van der Waals surface area contributed by atoms with Crippen LogP contribution in [-0.2, 0) is 11.3 Å². The predicted octanol–water partition coefficient (Wildman–Crippen LogP) is 2.62. The summed E-state index contributed by atoms with van der Waals surface area (Å²) in [6.45, 7) is 4.45. The number of hydrogen-bond acceptors (Lipinski definition) is 3. The fourth-order valence-corrected chi connectivity index (χ4v) is 2.38. The Morgan fingerprint density at radius 2 is 2.00 bits per heavy atom. The highest BCUT2D eigenvalue weighted by Crippen LogP contribution is 2.12. The smallest absolute Gasteiger partial charge is 0.356 e. The Balaban J connectivity index is 2.07. The molecule has 0 aliphatic rings. The normalized spacial score (nSPS) is 10.7. The lowest BCUT2D eigenvalue weighted by Gasteiger charge is -2.13. The van der Waals surface area contributed by atoms with Crippen molar-refractivity contribution in [1.29, 1.82) is 0 Å². The van der Waals surface area contributed by atoms with E-state index in [0.29, 0.717) is 6.54 Å². The van der Waals surface area contributed by atoms with Crippen LogP contribution < -0.4 is 5.32 Å². The lowest BCUT2D eigenvalue weighted by Crippen LogP contribution is -2.29. The summed E-state index contributed by atoms with van der Waals surface area (Å²) < 4.78 is 1.51. The molecular weight excluding hydrogens is 294 g/mol. The third kappa shape index (κ3) is 4.18. The fraction of sp³-hybridized carbons (Fsp3) is 0.353. The molecule has 1 heterocycles. The van der Waals surface area contributed by atoms with E-state index in [9.17, 15) is 9.59 Å². The molecule has 2 rings (SSSR count). The van der Waals surface area contributed by atoms with Gasteiger partial charge in [-0.1, -0.05) is 26.0 Å². The first kappa shape index (κ1) is 16.7. The number of amides is 1. The highest BCUT2D eigenvalue weighted by molar-refractivity contribution is 5.85. The van der Waals surface area contributed by atoms with Gasteiger partial charge < -0.3 is 10.4 Å². The van der Waals surface area contributed by atoms with Crippen LogP contribution in [0.2, 0.25) is 0 Å². The van der Waals surface area contributed by atoms with Crippen molar-refractivity contribution in [3.63, 3.8) is 0 Å². The van der Waals surface area contributed by atoms with Crippen LogP contribution in [-0.4, -0.2) is 26.8 Å². The highest BCUT2D eigenvalue weighted by Gasteiger charge is 2.13. The van der Waals surface area contributed by atoms with Crippen LogP contribution in [0.25, 0.3) is 5.69 Å². The van der Waals surface area contributed by atoms with Crippen LogP contribution in [0.5, 0.6) is 0 Å². The molecule has 1 aromatic heterocycles. The van der Waals surface area contributed by atoms with Gasteiger partial charge in [-0.05, 0) is 36.6 Å². The first-order valence-corrected chi connectivity index (χ1v) is 7.71. The fourth-order valence-electron chi connectivity index (χ4n) is 2.38. The van der Waals surface area contributed by atoms with E-state index in [1.54, 1.807) is 6.20 Å². The maximum atomic E-state index is 12.0. The molecule has 1 aromatic carbocycles. The van der Waals surface area contributed by atoms with Crippen LogP contribution in [0.1, 0.15) is 42.7 Å². The summed E-state index contributed by atoms with van der Waals surface area (Å²) in [6.07, 6.45) is 3.26. The standard InChI is InChI=1S/C17H21N3O3/c1-3-13(4-2)16(21)18-11-12-6-5-7-14(10-12)20-9-8-15(19-20)17(22)23/h5-10,13H,3-4,11H2,1-2H3,(H,18,21)(H,22,23). The Hall–Kier alpha value is -2.63. The third-order valence-corrected chi connectivity index (χ3v) is 3.81. The molecule has 23 heavy (non-hydrogen) atoms. The molecular formula is C17H21N3O3. The molecule has 0 unspecified atom stereocenters. The summed E-state index contributed by atoms with van der Waals surface area (Å²) in [7, 11) is 0. The van der Waals surface area contributed by atoms with E-state index in [4.69, 9.17) is 5.11 Å². The van der Waals surface area contributed by atoms with Crippen LogP contribution in [0.3, 0.4) is 0 Å². The Labute approximate surface area is 135 Å². The van der Waals surface area contributed by atoms with E-state index in [1.165, 1.54) is 10.7 Å². The lowest BCUT2D eigenvalue weighted by atomic mass is 10.0. The number of hydrogen-bond donors (Lipinski definition) is 2. The predicted molar refractivity (Wildman–Crippen MR) is 86.4 cm³/mol. The van der Waals surface area contributed by atoms with Gasteiger partial charge in [0.05, 0.1) is 5.69 Å². The Morgan fingerprint density at radius 1 is 1.26 bits per heavy atom. The molecule has 2 N–H and O–H groups in total. The number of aromatic carboxylic acids is 1. The Kier molecular flexibility index (Phi) is 5.51. The number of nitrogens with zero attached hydrogens (tertiary/aromatic N) is 2. The molecule has 0 bridgehead atoms. The second kappa shape index (κ2) is 7.58. The van der Waals surface area contributed by atoms with E-state index in [-0.39, 0.29) is 17.5 Å². The van der Waals surface area contributed by atoms with Gasteiger partial charge in [0.1, 0.15) is 0 Å². The van der Waals surface area contributed by atoms with Crippen molar-refractivity contribution in [1.82, 2.24) is 15.1 Å². The summed E-state index contributed by atoms with van der Waals surface area (Å²) in [5.74, 6) is -0.951. The lowest BCUT2D eigenvalue weighted by molar-refractivity contribution is -0.125. The second-order valence-corrected chi connectivity index (χ2v) is 5.35. The number of benzene rings is 1. The second-order valence-electron chi connectivity index (χ2n) is 5.35. The monoisotopic (exact) mass is 315 g/mol. The van der Waals surface area contributed by atoms with Crippen molar-refractivity contribution in [3.05, 3.63) is 47.8 Å². The van der Waals surface area contributed by atoms with Gasteiger partial charge in [-0.25, -0.2) is 9.48 Å². The van der Waals surface area contributed by atoms with Crippen molar-refractivity contribution in [2.45, 2.75) is 33.2 Å². The molecule has 6 heteroatoms. The minimum atomic E-state index is -1.06. The molecule has 6 nitrogen and oxygen atoms in total. The molecule has 0 aliphatic carbocycles. The van der Waals surface area contributed by atoms with Gasteiger partial charge in [0.25, 0.3) is 0 Å². The van der Waals surface area contributed by atoms with Crippen LogP contribution in [0.4, 0.5) is 0 Å². The average molecular weight is 315 g/mol. The Bertz CT molecular complexity index is 690. The zero-order valence-electron chi connectivity index (χ0n) is 13.3. The van der Waals surface area contributed by atoms with Crippen molar-refractivity contribution < 1.29 is 14.7 Å². The number of nitrogens with one attached hydrogen (secondary N) is 1. The van der Waals surface area contributed by atoms with E-state index in [0.717, 1.165) is 24.1 Å². The first-order chi connectivity index (χ1) is 11.0. The van der Waals surface area contributed by atoms with Gasteiger partial charge in [0.15, 0.2) is 5.69 Å². The molecule has 0 radical (unpaired) electrons. The van der Waals surface area contributed by atoms with Crippen molar-refractivity contribution in [2.24, 2.45) is 5.92 Å². The minimum absolute atomic E-state index is 0.00237. The number of carbonyl (C=O) groups excluding carboxylic acids is 1. The molecule has 0 spiro atoms. The minimum Gasteiger partial charge on any atom is -0.476 e. The third-order valence-electron chi connectivity index (χ3n) is 3.81. The van der Waals surface area contributed by atoms with E-state index in [2.05, 4.69) is 10.4 Å². The quantitative estimate of drug-likeness (QED) is 0.822. The molecule has 2 aromatic rings. The van der Waals surface area contributed by atoms with Crippen molar-refractivity contribution in [3.8, 4) is 5.69 Å². The number of carboxylic acids is 1. The summed E-state index contributed by atoms with van der Waals surface area (Å²) in [5.41, 5.74) is 1.69. The number of carbonyl (C=O) groups is 2. The first-order valence-electron chi connectivity index (χ1n) is 7.71. The summed E-state index contributed by atoms with van der Waals surface area (Å²) in [6, 6.07) is 8.94. The van der Waals surface area contributed by atoms with Gasteiger partial charge in [0, 0.05) is 18.7 Å². The van der Waals surface area contributed by atoms with Gasteiger partial charge in [-0.2, -0.15) is 5.10 Å². The largest absolute Gasteiger partial charge is 0.476 e. The van der Waals surface area contributed by atoms with E-state index < -0.39 is 5.97 Å². The number of rotatable bonds is 7. The van der Waals surface area contributed by atoms with Gasteiger partial charge in [0.2, 0.25) is 5.91 Å². The van der Waals surface area contributed by atoms with Crippen LogP contribution in [0.15, 0.2) is 36.5 Å². The maximum Gasteiger partial charge on any atom is 0.356 e. The molecule has 1 amide bonds. The zero-order chi connectivity index (χ0) is 16.8. The van der Waals surface area contributed by atoms with Gasteiger partial charge >= 0.3 is 5.97 Å². The summed E-state index contributed by atoms with van der Waals surface area (Å²) in [5, 5.41) is 15.9. The van der Waals surface area contributed by atoms with E-state index in [1.807, 2.05) is 38.1 Å². The maximum absolute atomic E-state index is 12.0. The number of carboxylic acid groups (broad SMARTS) is 1. The Morgan fingerprint density at radius 3 is 2.61 bits per heavy atom. The SMILES string of the molecule is CCC(CC)C(=O)NCc1cccc(-n2ccc(C(=O)O)n2)c1. The molecule has 0 aliphatic heterocycles. The average Bonchev–Trinajstić information content (AvgIpc) is 3.05. The van der Waals surface area contributed by atoms with Crippen molar-refractivity contribution >= 4 is 11.9 Å². The molecule has 0 saturated heterocycles. The molecule has 0 fully saturated rings. The summed E-state index contributed by atoms with van der Waals surface area (Å²) >= 11 is 0.